The Morgan fingerprint density at radius 3 is 2.71 bits per heavy atom. The first-order valence-electron chi connectivity index (χ1n) is 1.86. The zero-order valence-electron chi connectivity index (χ0n) is 3.82. The highest BCUT2D eigenvalue weighted by atomic mass is 32.1. The summed E-state index contributed by atoms with van der Waals surface area (Å²) in [7, 11) is 0. The number of H-pyrrole nitrogens is 2. The van der Waals surface area contributed by atoms with Crippen molar-refractivity contribution in [2.24, 2.45) is 0 Å². The fourth-order valence-corrected chi connectivity index (χ4v) is 0.505. The highest BCUT2D eigenvalue weighted by Gasteiger charge is 1.92. The van der Waals surface area contributed by atoms with Crippen LogP contribution in [0.1, 0.15) is 5.89 Å². The fraction of sp³-hybridized carbons (Fsp3) is 0.333. The van der Waals surface area contributed by atoms with E-state index in [0.717, 1.165) is 0 Å². The van der Waals surface area contributed by atoms with Crippen LogP contribution >= 0.6 is 12.2 Å². The summed E-state index contributed by atoms with van der Waals surface area (Å²) in [5.41, 5.74) is 0. The molecule has 4 heteroatoms. The van der Waals surface area contributed by atoms with E-state index in [2.05, 4.69) is 22.4 Å². The van der Waals surface area contributed by atoms with Crippen LogP contribution in [0.2, 0.25) is 0 Å². The maximum absolute atomic E-state index is 4.79. The van der Waals surface area contributed by atoms with Gasteiger partial charge in [-0.2, -0.15) is 0 Å². The second-order valence-electron chi connectivity index (χ2n) is 1.20. The summed E-state index contributed by atoms with van der Waals surface area (Å²) in [6.45, 7) is 1.78. The third-order valence-electron chi connectivity index (χ3n) is 0.586. The first-order chi connectivity index (χ1) is 3.29. The molecule has 0 aliphatic carbocycles. The standard InChI is InChI=1S/C3H4N2OS/c1-2-4-5-3(7)6-2/h1H3,(H,5,7)/p+1. The second kappa shape index (κ2) is 1.46. The van der Waals surface area contributed by atoms with Crippen molar-refractivity contribution in [2.75, 3.05) is 0 Å². The Hall–Kier alpha value is -0.640. The zero-order chi connectivity index (χ0) is 5.28. The summed E-state index contributed by atoms with van der Waals surface area (Å²) in [6.07, 6.45) is 0. The average Bonchev–Trinajstić information content (AvgIpc) is 1.87. The van der Waals surface area contributed by atoms with E-state index < -0.39 is 0 Å². The van der Waals surface area contributed by atoms with Gasteiger partial charge in [0.15, 0.2) is 0 Å². The molecule has 0 bridgehead atoms. The van der Waals surface area contributed by atoms with Gasteiger partial charge in [0, 0.05) is 0 Å². The number of hydrogen-bond donors (Lipinski definition) is 1. The molecule has 0 aliphatic heterocycles. The lowest BCUT2D eigenvalue weighted by Crippen LogP contribution is -2.03. The number of hydrogen-bond acceptors (Lipinski definition) is 2. The van der Waals surface area contributed by atoms with Crippen molar-refractivity contribution in [1.82, 2.24) is 5.10 Å². The molecule has 0 aromatic carbocycles. The molecule has 1 rings (SSSR count). The number of nitrogens with one attached hydrogen (secondary N) is 2. The topological polar surface area (TPSA) is 43.1 Å². The van der Waals surface area contributed by atoms with Gasteiger partial charge >= 0.3 is 10.7 Å². The van der Waals surface area contributed by atoms with Crippen molar-refractivity contribution in [3.8, 4) is 0 Å². The van der Waals surface area contributed by atoms with Crippen LogP contribution in [0.3, 0.4) is 0 Å². The molecule has 0 unspecified atom stereocenters. The molecule has 1 aromatic rings. The summed E-state index contributed by atoms with van der Waals surface area (Å²) in [5, 5.41) is 5.26. The summed E-state index contributed by atoms with van der Waals surface area (Å²) in [5.74, 6) is 0.699. The molecule has 2 N–H and O–H groups in total. The third kappa shape index (κ3) is 0.866. The Labute approximate surface area is 45.4 Å². The molecule has 1 aromatic heterocycles. The Kier molecular flexibility index (Phi) is 0.941. The highest BCUT2D eigenvalue weighted by Crippen LogP contribution is 1.82. The van der Waals surface area contributed by atoms with Crippen LogP contribution in [0.5, 0.6) is 0 Å². The zero-order valence-corrected chi connectivity index (χ0v) is 4.63. The molecular formula is C3H5N2OS+. The van der Waals surface area contributed by atoms with Crippen LogP contribution in [0, 0.1) is 11.8 Å². The van der Waals surface area contributed by atoms with Gasteiger partial charge in [0.05, 0.1) is 6.92 Å². The van der Waals surface area contributed by atoms with E-state index in [-0.39, 0.29) is 0 Å². The van der Waals surface area contributed by atoms with E-state index in [1.165, 1.54) is 0 Å². The predicted molar refractivity (Wildman–Crippen MR) is 25.2 cm³/mol. The molecule has 38 valence electrons. The minimum Gasteiger partial charge on any atom is -0.375 e. The summed E-state index contributed by atoms with van der Waals surface area (Å²) in [6, 6.07) is 0. The van der Waals surface area contributed by atoms with Crippen molar-refractivity contribution in [1.29, 1.82) is 0 Å². The van der Waals surface area contributed by atoms with E-state index in [9.17, 15) is 0 Å². The minimum atomic E-state index is 0.387. The maximum Gasteiger partial charge on any atom is 0.367 e. The predicted octanol–water partition coefficient (Wildman–Crippen LogP) is 0.460. The Bertz CT molecular complexity index is 201. The second-order valence-corrected chi connectivity index (χ2v) is 1.57. The van der Waals surface area contributed by atoms with Crippen LogP contribution < -0.4 is 5.10 Å². The lowest BCUT2D eigenvalue weighted by molar-refractivity contribution is -0.465. The van der Waals surface area contributed by atoms with Crippen LogP contribution in [0.4, 0.5) is 0 Å². The molecule has 0 atom stereocenters. The molecule has 0 radical (unpaired) electrons. The van der Waals surface area contributed by atoms with Crippen molar-refractivity contribution in [3.63, 3.8) is 0 Å². The molecule has 0 fully saturated rings. The molecule has 3 nitrogen and oxygen atoms in total. The van der Waals surface area contributed by atoms with Gasteiger partial charge in [-0.15, -0.1) is 5.10 Å². The first-order valence-corrected chi connectivity index (χ1v) is 2.27. The van der Waals surface area contributed by atoms with Crippen molar-refractivity contribution >= 4 is 12.2 Å². The quantitative estimate of drug-likeness (QED) is 0.501. The molecule has 0 amide bonds. The molecule has 0 aliphatic rings. The van der Waals surface area contributed by atoms with Gasteiger partial charge in [-0.1, -0.05) is 5.10 Å². The average molecular weight is 117 g/mol. The van der Waals surface area contributed by atoms with Crippen molar-refractivity contribution < 1.29 is 9.52 Å². The van der Waals surface area contributed by atoms with Crippen molar-refractivity contribution in [3.05, 3.63) is 10.7 Å². The number of rotatable bonds is 0. The van der Waals surface area contributed by atoms with Crippen LogP contribution in [0.25, 0.3) is 0 Å². The van der Waals surface area contributed by atoms with E-state index >= 15 is 0 Å². The van der Waals surface area contributed by atoms with Gasteiger partial charge in [0.25, 0.3) is 0 Å². The fourth-order valence-electron chi connectivity index (χ4n) is 0.329. The van der Waals surface area contributed by atoms with E-state index in [0.29, 0.717) is 10.7 Å². The van der Waals surface area contributed by atoms with Crippen LogP contribution in [-0.4, -0.2) is 5.10 Å². The van der Waals surface area contributed by atoms with Crippen molar-refractivity contribution in [2.45, 2.75) is 6.92 Å². The van der Waals surface area contributed by atoms with E-state index in [1.807, 2.05) is 0 Å². The molecular weight excluding hydrogens is 112 g/mol. The summed E-state index contributed by atoms with van der Waals surface area (Å²) < 4.78 is 4.79. The normalized spacial score (nSPS) is 9.29. The Morgan fingerprint density at radius 2 is 2.57 bits per heavy atom. The van der Waals surface area contributed by atoms with Crippen LogP contribution in [-0.2, 0) is 0 Å². The number of aromatic amines is 2. The van der Waals surface area contributed by atoms with Gasteiger partial charge in [-0.25, -0.2) is 0 Å². The van der Waals surface area contributed by atoms with Gasteiger partial charge in [-0.05, 0) is 12.2 Å². The lowest BCUT2D eigenvalue weighted by Gasteiger charge is -1.57. The molecule has 0 saturated carbocycles. The molecule has 7 heavy (non-hydrogen) atoms. The van der Waals surface area contributed by atoms with E-state index in [1.54, 1.807) is 6.92 Å². The Morgan fingerprint density at radius 1 is 1.86 bits per heavy atom. The monoisotopic (exact) mass is 117 g/mol. The Balaban J connectivity index is 3.30. The smallest absolute Gasteiger partial charge is 0.367 e. The third-order valence-corrected chi connectivity index (χ3v) is 0.772. The van der Waals surface area contributed by atoms with Gasteiger partial charge in [0.1, 0.15) is 0 Å². The maximum atomic E-state index is 4.79. The minimum absolute atomic E-state index is 0.387. The number of aromatic nitrogens is 2. The number of aryl methyl sites for hydroxylation is 1. The molecule has 1 heterocycles. The summed E-state index contributed by atoms with van der Waals surface area (Å²) in [4.78, 5) is 0.387. The molecule has 0 saturated heterocycles. The SMILES string of the molecule is Cc1[nH+][nH]c(=S)o1. The van der Waals surface area contributed by atoms with E-state index in [4.69, 9.17) is 4.42 Å². The largest absolute Gasteiger partial charge is 0.375 e. The first kappa shape index (κ1) is 4.52. The van der Waals surface area contributed by atoms with Gasteiger partial charge < -0.3 is 4.42 Å². The highest BCUT2D eigenvalue weighted by molar-refractivity contribution is 7.71. The molecule has 0 spiro atoms. The summed E-state index contributed by atoms with van der Waals surface area (Å²) >= 11 is 4.58. The van der Waals surface area contributed by atoms with Crippen LogP contribution in [0.15, 0.2) is 4.42 Å². The van der Waals surface area contributed by atoms with Gasteiger partial charge in [0.2, 0.25) is 0 Å². The van der Waals surface area contributed by atoms with Gasteiger partial charge in [-0.3, -0.25) is 0 Å². The lowest BCUT2D eigenvalue weighted by atomic mass is 10.8.